The highest BCUT2D eigenvalue weighted by molar-refractivity contribution is 5.43. The highest BCUT2D eigenvalue weighted by Crippen LogP contribution is 2.28. The molecule has 1 aliphatic rings. The lowest BCUT2D eigenvalue weighted by Gasteiger charge is -2.36. The monoisotopic (exact) mass is 275 g/mol. The fourth-order valence-electron chi connectivity index (χ4n) is 3.31. The Morgan fingerprint density at radius 1 is 1.35 bits per heavy atom. The highest BCUT2D eigenvalue weighted by Gasteiger charge is 2.25. The van der Waals surface area contributed by atoms with Crippen molar-refractivity contribution < 1.29 is 0 Å². The van der Waals surface area contributed by atoms with Gasteiger partial charge < -0.3 is 5.32 Å². The summed E-state index contributed by atoms with van der Waals surface area (Å²) in [7, 11) is 2.27. The summed E-state index contributed by atoms with van der Waals surface area (Å²) in [4.78, 5) is 7.02. The number of rotatable bonds is 6. The number of nitrogens with one attached hydrogen (secondary N) is 1. The van der Waals surface area contributed by atoms with Gasteiger partial charge in [-0.3, -0.25) is 4.90 Å². The first kappa shape index (κ1) is 15.3. The molecule has 0 aliphatic heterocycles. The Morgan fingerprint density at radius 3 is 2.90 bits per heavy atom. The Labute approximate surface area is 123 Å². The van der Waals surface area contributed by atoms with Gasteiger partial charge in [0.15, 0.2) is 0 Å². The molecule has 2 atom stereocenters. The zero-order valence-corrected chi connectivity index (χ0v) is 13.2. The Kier molecular flexibility index (Phi) is 5.84. The molecular formula is C17H29N3. The van der Waals surface area contributed by atoms with Crippen molar-refractivity contribution in [2.75, 3.05) is 18.9 Å². The summed E-state index contributed by atoms with van der Waals surface area (Å²) in [6, 6.07) is 4.97. The number of pyridine rings is 1. The maximum atomic E-state index is 4.50. The van der Waals surface area contributed by atoms with Crippen LogP contribution in [0.2, 0.25) is 0 Å². The van der Waals surface area contributed by atoms with Gasteiger partial charge in [0, 0.05) is 30.9 Å². The van der Waals surface area contributed by atoms with E-state index in [2.05, 4.69) is 42.2 Å². The summed E-state index contributed by atoms with van der Waals surface area (Å²) in [5.74, 6) is 1.88. The Hall–Kier alpha value is -1.09. The van der Waals surface area contributed by atoms with Gasteiger partial charge in [-0.25, -0.2) is 4.98 Å². The van der Waals surface area contributed by atoms with Crippen molar-refractivity contribution in [3.05, 3.63) is 23.9 Å². The van der Waals surface area contributed by atoms with Gasteiger partial charge >= 0.3 is 0 Å². The lowest BCUT2D eigenvalue weighted by molar-refractivity contribution is 0.133. The second kappa shape index (κ2) is 7.63. The van der Waals surface area contributed by atoms with Crippen LogP contribution in [0.25, 0.3) is 0 Å². The zero-order valence-electron chi connectivity index (χ0n) is 13.2. The van der Waals surface area contributed by atoms with Crippen molar-refractivity contribution in [1.82, 2.24) is 9.88 Å². The van der Waals surface area contributed by atoms with Gasteiger partial charge in [0.1, 0.15) is 5.82 Å². The summed E-state index contributed by atoms with van der Waals surface area (Å²) < 4.78 is 0. The minimum atomic E-state index is 0.725. The lowest BCUT2D eigenvalue weighted by atomic mass is 9.85. The molecule has 1 N–H and O–H groups in total. The molecule has 3 nitrogen and oxygen atoms in total. The third-order valence-corrected chi connectivity index (χ3v) is 4.49. The third kappa shape index (κ3) is 3.95. The molecule has 20 heavy (non-hydrogen) atoms. The number of hydrogen-bond donors (Lipinski definition) is 1. The van der Waals surface area contributed by atoms with Crippen LogP contribution in [0.4, 0.5) is 5.82 Å². The minimum absolute atomic E-state index is 0.725. The largest absolute Gasteiger partial charge is 0.370 e. The topological polar surface area (TPSA) is 28.2 Å². The van der Waals surface area contributed by atoms with E-state index in [9.17, 15) is 0 Å². The first-order valence-electron chi connectivity index (χ1n) is 8.10. The molecule has 1 fully saturated rings. The zero-order chi connectivity index (χ0) is 14.4. The maximum Gasteiger partial charge on any atom is 0.130 e. The molecular weight excluding hydrogens is 246 g/mol. The quantitative estimate of drug-likeness (QED) is 0.853. The molecule has 112 valence electrons. The molecule has 1 aromatic rings. The maximum absolute atomic E-state index is 4.50. The molecule has 1 aromatic heterocycles. The van der Waals surface area contributed by atoms with Crippen LogP contribution in [-0.2, 0) is 6.54 Å². The molecule has 0 saturated heterocycles. The van der Waals surface area contributed by atoms with Gasteiger partial charge in [-0.2, -0.15) is 0 Å². The molecule has 0 spiro atoms. The van der Waals surface area contributed by atoms with Crippen molar-refractivity contribution in [2.45, 2.75) is 58.5 Å². The molecule has 1 saturated carbocycles. The van der Waals surface area contributed by atoms with Crippen molar-refractivity contribution in [1.29, 1.82) is 0 Å². The van der Waals surface area contributed by atoms with Gasteiger partial charge in [0.25, 0.3) is 0 Å². The molecule has 2 unspecified atom stereocenters. The van der Waals surface area contributed by atoms with E-state index in [1.54, 1.807) is 0 Å². The van der Waals surface area contributed by atoms with Gasteiger partial charge in [-0.15, -0.1) is 0 Å². The summed E-state index contributed by atoms with van der Waals surface area (Å²) >= 11 is 0. The second-order valence-corrected chi connectivity index (χ2v) is 6.18. The van der Waals surface area contributed by atoms with Crippen LogP contribution in [0.5, 0.6) is 0 Å². The summed E-state index contributed by atoms with van der Waals surface area (Å²) in [5.41, 5.74) is 1.32. The summed E-state index contributed by atoms with van der Waals surface area (Å²) in [6.07, 6.45) is 8.52. The summed E-state index contributed by atoms with van der Waals surface area (Å²) in [5, 5.41) is 3.44. The van der Waals surface area contributed by atoms with Gasteiger partial charge in [-0.1, -0.05) is 32.8 Å². The van der Waals surface area contributed by atoms with E-state index >= 15 is 0 Å². The van der Waals surface area contributed by atoms with Crippen molar-refractivity contribution in [3.8, 4) is 0 Å². The smallest absolute Gasteiger partial charge is 0.130 e. The normalized spacial score (nSPS) is 23.0. The van der Waals surface area contributed by atoms with E-state index in [4.69, 9.17) is 0 Å². The van der Waals surface area contributed by atoms with Crippen molar-refractivity contribution in [2.24, 2.45) is 5.92 Å². The SMILES string of the molecule is CCCNc1ncccc1CN(C)C1CCCCC1C. The van der Waals surface area contributed by atoms with Gasteiger partial charge in [0.2, 0.25) is 0 Å². The van der Waals surface area contributed by atoms with Gasteiger partial charge in [-0.05, 0) is 38.3 Å². The number of anilines is 1. The predicted octanol–water partition coefficient (Wildman–Crippen LogP) is 3.91. The minimum Gasteiger partial charge on any atom is -0.370 e. The van der Waals surface area contributed by atoms with Crippen LogP contribution in [-0.4, -0.2) is 29.5 Å². The van der Waals surface area contributed by atoms with Crippen molar-refractivity contribution in [3.63, 3.8) is 0 Å². The average molecular weight is 275 g/mol. The first-order valence-corrected chi connectivity index (χ1v) is 8.10. The molecule has 0 amide bonds. The van der Waals surface area contributed by atoms with E-state index in [-0.39, 0.29) is 0 Å². The van der Waals surface area contributed by atoms with Crippen LogP contribution < -0.4 is 5.32 Å². The van der Waals surface area contributed by atoms with Crippen LogP contribution in [0.3, 0.4) is 0 Å². The van der Waals surface area contributed by atoms with E-state index in [0.29, 0.717) is 0 Å². The van der Waals surface area contributed by atoms with Crippen LogP contribution >= 0.6 is 0 Å². The molecule has 0 aromatic carbocycles. The summed E-state index contributed by atoms with van der Waals surface area (Å²) in [6.45, 7) is 6.58. The number of nitrogens with zero attached hydrogens (tertiary/aromatic N) is 2. The number of hydrogen-bond acceptors (Lipinski definition) is 3. The van der Waals surface area contributed by atoms with E-state index in [1.807, 2.05) is 12.3 Å². The predicted molar refractivity (Wildman–Crippen MR) is 85.9 cm³/mol. The van der Waals surface area contributed by atoms with Crippen LogP contribution in [0, 0.1) is 5.92 Å². The molecule has 1 aliphatic carbocycles. The van der Waals surface area contributed by atoms with E-state index in [1.165, 1.54) is 31.2 Å². The van der Waals surface area contributed by atoms with E-state index < -0.39 is 0 Å². The molecule has 0 radical (unpaired) electrons. The highest BCUT2D eigenvalue weighted by atomic mass is 15.1. The van der Waals surface area contributed by atoms with E-state index in [0.717, 1.165) is 37.3 Å². The fraction of sp³-hybridized carbons (Fsp3) is 0.706. The molecule has 0 bridgehead atoms. The fourth-order valence-corrected chi connectivity index (χ4v) is 3.31. The molecule has 2 rings (SSSR count). The third-order valence-electron chi connectivity index (χ3n) is 4.49. The van der Waals surface area contributed by atoms with Crippen LogP contribution in [0.1, 0.15) is 51.5 Å². The molecule has 1 heterocycles. The average Bonchev–Trinajstić information content (AvgIpc) is 2.46. The Morgan fingerprint density at radius 2 is 2.15 bits per heavy atom. The Bertz CT molecular complexity index is 405. The second-order valence-electron chi connectivity index (χ2n) is 6.18. The van der Waals surface area contributed by atoms with Crippen LogP contribution in [0.15, 0.2) is 18.3 Å². The lowest BCUT2D eigenvalue weighted by Crippen LogP contribution is -2.38. The Balaban J connectivity index is 2.01. The first-order chi connectivity index (χ1) is 9.72. The molecule has 3 heteroatoms. The van der Waals surface area contributed by atoms with Crippen molar-refractivity contribution >= 4 is 5.82 Å². The number of aromatic nitrogens is 1. The standard InChI is InChI=1S/C17H29N3/c1-4-11-18-17-15(9-7-12-19-17)13-20(3)16-10-6-5-8-14(16)2/h7,9,12,14,16H,4-6,8,10-11,13H2,1-3H3,(H,18,19). The van der Waals surface area contributed by atoms with Gasteiger partial charge in [0.05, 0.1) is 0 Å².